The van der Waals surface area contributed by atoms with Gasteiger partial charge in [0.05, 0.1) is 17.8 Å². The first-order chi connectivity index (χ1) is 7.34. The number of carbonyl (C=O) groups excluding carboxylic acids is 1. The first-order valence-electron chi connectivity index (χ1n) is 5.22. The summed E-state index contributed by atoms with van der Waals surface area (Å²) in [6, 6.07) is -0.228. The number of aliphatic hydroxyl groups is 1. The SMILES string of the molecule is C[C@@H](CO)C(=O)NC1CCC(S(=O)(=O)O)C1. The quantitative estimate of drug-likeness (QED) is 0.587. The summed E-state index contributed by atoms with van der Waals surface area (Å²) in [5, 5.41) is 10.6. The summed E-state index contributed by atoms with van der Waals surface area (Å²) in [5.41, 5.74) is 0. The van der Waals surface area contributed by atoms with Gasteiger partial charge in [0.25, 0.3) is 10.1 Å². The number of amides is 1. The highest BCUT2D eigenvalue weighted by Gasteiger charge is 2.34. The van der Waals surface area contributed by atoms with Gasteiger partial charge in [0.2, 0.25) is 5.91 Å². The van der Waals surface area contributed by atoms with Crippen LogP contribution in [0.5, 0.6) is 0 Å². The predicted molar refractivity (Wildman–Crippen MR) is 57.4 cm³/mol. The second-order valence-electron chi connectivity index (χ2n) is 4.24. The van der Waals surface area contributed by atoms with Crippen LogP contribution < -0.4 is 5.32 Å². The molecule has 0 radical (unpaired) electrons. The Morgan fingerprint density at radius 3 is 2.56 bits per heavy atom. The van der Waals surface area contributed by atoms with E-state index >= 15 is 0 Å². The second-order valence-corrected chi connectivity index (χ2v) is 5.94. The molecule has 1 amide bonds. The van der Waals surface area contributed by atoms with Crippen molar-refractivity contribution in [2.45, 2.75) is 37.5 Å². The highest BCUT2D eigenvalue weighted by Crippen LogP contribution is 2.24. The molecule has 1 saturated carbocycles. The third-order valence-electron chi connectivity index (χ3n) is 2.87. The van der Waals surface area contributed by atoms with Crippen LogP contribution in [0, 0.1) is 5.92 Å². The van der Waals surface area contributed by atoms with Crippen molar-refractivity contribution in [3.05, 3.63) is 0 Å². The summed E-state index contributed by atoms with van der Waals surface area (Å²) in [6.07, 6.45) is 1.13. The molecule has 94 valence electrons. The predicted octanol–water partition coefficient (Wildman–Crippen LogP) is -0.460. The molecule has 0 aromatic rings. The van der Waals surface area contributed by atoms with Crippen LogP contribution >= 0.6 is 0 Å². The Bertz CT molecular complexity index is 353. The van der Waals surface area contributed by atoms with E-state index in [9.17, 15) is 13.2 Å². The first-order valence-corrected chi connectivity index (χ1v) is 6.72. The Hall–Kier alpha value is -0.660. The van der Waals surface area contributed by atoms with E-state index in [0.717, 1.165) is 0 Å². The fourth-order valence-corrected chi connectivity index (χ4v) is 2.68. The van der Waals surface area contributed by atoms with Crippen LogP contribution in [0.3, 0.4) is 0 Å². The smallest absolute Gasteiger partial charge is 0.267 e. The van der Waals surface area contributed by atoms with Gasteiger partial charge in [0.15, 0.2) is 0 Å². The molecule has 1 rings (SSSR count). The zero-order chi connectivity index (χ0) is 12.3. The maximum Gasteiger partial charge on any atom is 0.267 e. The summed E-state index contributed by atoms with van der Waals surface area (Å²) in [4.78, 5) is 11.4. The van der Waals surface area contributed by atoms with Gasteiger partial charge in [0.1, 0.15) is 0 Å². The lowest BCUT2D eigenvalue weighted by molar-refractivity contribution is -0.126. The van der Waals surface area contributed by atoms with Crippen LogP contribution in [0.1, 0.15) is 26.2 Å². The molecule has 6 nitrogen and oxygen atoms in total. The average molecular weight is 251 g/mol. The van der Waals surface area contributed by atoms with E-state index in [-0.39, 0.29) is 25.0 Å². The van der Waals surface area contributed by atoms with Crippen molar-refractivity contribution in [3.8, 4) is 0 Å². The highest BCUT2D eigenvalue weighted by atomic mass is 32.2. The molecule has 16 heavy (non-hydrogen) atoms. The molecule has 1 fully saturated rings. The standard InChI is InChI=1S/C9H17NO5S/c1-6(5-11)9(12)10-7-2-3-8(4-7)16(13,14)15/h6-8,11H,2-5H2,1H3,(H,10,12)(H,13,14,15)/t6-,7?,8?/m0/s1. The molecule has 0 saturated heterocycles. The van der Waals surface area contributed by atoms with E-state index in [1.165, 1.54) is 0 Å². The van der Waals surface area contributed by atoms with Gasteiger partial charge in [-0.2, -0.15) is 8.42 Å². The van der Waals surface area contributed by atoms with Crippen molar-refractivity contribution in [2.75, 3.05) is 6.61 Å². The van der Waals surface area contributed by atoms with Crippen LogP contribution in [-0.4, -0.2) is 41.9 Å². The van der Waals surface area contributed by atoms with Gasteiger partial charge in [0, 0.05) is 6.04 Å². The minimum atomic E-state index is -4.00. The Morgan fingerprint density at radius 2 is 2.12 bits per heavy atom. The van der Waals surface area contributed by atoms with E-state index < -0.39 is 21.3 Å². The molecule has 0 aromatic carbocycles. The number of hydrogen-bond donors (Lipinski definition) is 3. The van der Waals surface area contributed by atoms with Gasteiger partial charge < -0.3 is 10.4 Å². The molecule has 3 N–H and O–H groups in total. The largest absolute Gasteiger partial charge is 0.396 e. The molecule has 0 aromatic heterocycles. The summed E-state index contributed by atoms with van der Waals surface area (Å²) in [5.74, 6) is -0.784. The molecule has 1 aliphatic carbocycles. The van der Waals surface area contributed by atoms with Crippen molar-refractivity contribution in [2.24, 2.45) is 5.92 Å². The van der Waals surface area contributed by atoms with Crippen molar-refractivity contribution >= 4 is 16.0 Å². The van der Waals surface area contributed by atoms with Crippen LogP contribution in [0.4, 0.5) is 0 Å². The number of nitrogens with one attached hydrogen (secondary N) is 1. The van der Waals surface area contributed by atoms with E-state index in [2.05, 4.69) is 5.32 Å². The molecular weight excluding hydrogens is 234 g/mol. The zero-order valence-electron chi connectivity index (χ0n) is 9.09. The molecule has 0 bridgehead atoms. The molecule has 7 heteroatoms. The highest BCUT2D eigenvalue weighted by molar-refractivity contribution is 7.86. The number of aliphatic hydroxyl groups excluding tert-OH is 1. The first kappa shape index (κ1) is 13.4. The molecule has 0 heterocycles. The number of carbonyl (C=O) groups is 1. The number of hydrogen-bond acceptors (Lipinski definition) is 4. The zero-order valence-corrected chi connectivity index (χ0v) is 9.90. The second kappa shape index (κ2) is 5.11. The third kappa shape index (κ3) is 3.43. The lowest BCUT2D eigenvalue weighted by Crippen LogP contribution is -2.38. The molecule has 3 atom stereocenters. The van der Waals surface area contributed by atoms with Crippen molar-refractivity contribution in [1.29, 1.82) is 0 Å². The summed E-state index contributed by atoms with van der Waals surface area (Å²) in [6.45, 7) is 1.35. The maximum absolute atomic E-state index is 11.4. The molecule has 2 unspecified atom stereocenters. The van der Waals surface area contributed by atoms with Gasteiger partial charge in [-0.05, 0) is 19.3 Å². The minimum Gasteiger partial charge on any atom is -0.396 e. The van der Waals surface area contributed by atoms with Crippen molar-refractivity contribution in [1.82, 2.24) is 5.32 Å². The normalized spacial score (nSPS) is 27.7. The van der Waals surface area contributed by atoms with Gasteiger partial charge in [-0.15, -0.1) is 0 Å². The average Bonchev–Trinajstić information content (AvgIpc) is 2.64. The summed E-state index contributed by atoms with van der Waals surface area (Å²) < 4.78 is 30.6. The van der Waals surface area contributed by atoms with Gasteiger partial charge in [-0.25, -0.2) is 0 Å². The molecule has 0 spiro atoms. The topological polar surface area (TPSA) is 104 Å². The molecular formula is C9H17NO5S. The maximum atomic E-state index is 11.4. The summed E-state index contributed by atoms with van der Waals surface area (Å²) >= 11 is 0. The lowest BCUT2D eigenvalue weighted by atomic mass is 10.1. The number of rotatable bonds is 4. The van der Waals surface area contributed by atoms with Crippen LogP contribution in [0.2, 0.25) is 0 Å². The van der Waals surface area contributed by atoms with Gasteiger partial charge in [-0.3, -0.25) is 9.35 Å². The van der Waals surface area contributed by atoms with Crippen LogP contribution in [0.25, 0.3) is 0 Å². The fraction of sp³-hybridized carbons (Fsp3) is 0.889. The van der Waals surface area contributed by atoms with E-state index in [1.54, 1.807) is 6.92 Å². The van der Waals surface area contributed by atoms with E-state index in [1.807, 2.05) is 0 Å². The fourth-order valence-electron chi connectivity index (χ4n) is 1.77. The Kier molecular flexibility index (Phi) is 4.28. The summed E-state index contributed by atoms with van der Waals surface area (Å²) in [7, 11) is -4.00. The van der Waals surface area contributed by atoms with Crippen LogP contribution in [-0.2, 0) is 14.9 Å². The van der Waals surface area contributed by atoms with Crippen molar-refractivity contribution in [3.63, 3.8) is 0 Å². The van der Waals surface area contributed by atoms with Gasteiger partial charge >= 0.3 is 0 Å². The van der Waals surface area contributed by atoms with E-state index in [0.29, 0.717) is 12.8 Å². The molecule has 1 aliphatic rings. The molecule has 0 aliphatic heterocycles. The monoisotopic (exact) mass is 251 g/mol. The minimum absolute atomic E-state index is 0.228. The Morgan fingerprint density at radius 1 is 1.50 bits per heavy atom. The van der Waals surface area contributed by atoms with Crippen LogP contribution in [0.15, 0.2) is 0 Å². The van der Waals surface area contributed by atoms with Gasteiger partial charge in [-0.1, -0.05) is 6.92 Å². The van der Waals surface area contributed by atoms with E-state index in [4.69, 9.17) is 9.66 Å². The Labute approximate surface area is 94.8 Å². The lowest BCUT2D eigenvalue weighted by Gasteiger charge is -2.15. The van der Waals surface area contributed by atoms with Crippen molar-refractivity contribution < 1.29 is 22.9 Å². The third-order valence-corrected chi connectivity index (χ3v) is 4.14. The Balaban J connectivity index is 2.46.